The first kappa shape index (κ1) is 16.4. The van der Waals surface area contributed by atoms with E-state index in [1.165, 1.54) is 0 Å². The molecule has 0 saturated carbocycles. The smallest absolute Gasteiger partial charge is 0.243 e. The van der Waals surface area contributed by atoms with Gasteiger partial charge < -0.3 is 10.1 Å². The van der Waals surface area contributed by atoms with Crippen molar-refractivity contribution in [3.63, 3.8) is 0 Å². The van der Waals surface area contributed by atoms with Crippen molar-refractivity contribution < 1.29 is 13.2 Å². The summed E-state index contributed by atoms with van der Waals surface area (Å²) in [4.78, 5) is 0.403. The van der Waals surface area contributed by atoms with E-state index in [2.05, 4.69) is 5.32 Å². The van der Waals surface area contributed by atoms with E-state index >= 15 is 0 Å². The SMILES string of the molecule is CCNCc1ccccc1S(=O)(=O)N1CCCOC(C)C1. The summed E-state index contributed by atoms with van der Waals surface area (Å²) >= 11 is 0. The highest BCUT2D eigenvalue weighted by atomic mass is 32.2. The maximum Gasteiger partial charge on any atom is 0.243 e. The Kier molecular flexibility index (Phi) is 5.75. The first-order valence-corrected chi connectivity index (χ1v) is 8.90. The Hall–Kier alpha value is -0.950. The monoisotopic (exact) mass is 312 g/mol. The van der Waals surface area contributed by atoms with Gasteiger partial charge in [0.05, 0.1) is 11.0 Å². The first-order chi connectivity index (χ1) is 10.1. The summed E-state index contributed by atoms with van der Waals surface area (Å²) in [7, 11) is -3.47. The zero-order valence-electron chi connectivity index (χ0n) is 12.7. The Morgan fingerprint density at radius 2 is 2.14 bits per heavy atom. The Labute approximate surface area is 127 Å². The van der Waals surface area contributed by atoms with Gasteiger partial charge >= 0.3 is 0 Å². The van der Waals surface area contributed by atoms with Crippen LogP contribution in [0.5, 0.6) is 0 Å². The van der Waals surface area contributed by atoms with Crippen LogP contribution >= 0.6 is 0 Å². The highest BCUT2D eigenvalue weighted by molar-refractivity contribution is 7.89. The summed E-state index contributed by atoms with van der Waals surface area (Å²) in [6.07, 6.45) is 0.669. The van der Waals surface area contributed by atoms with E-state index in [4.69, 9.17) is 4.74 Å². The molecular weight excluding hydrogens is 288 g/mol. The summed E-state index contributed by atoms with van der Waals surface area (Å²) in [5.74, 6) is 0. The van der Waals surface area contributed by atoms with Crippen molar-refractivity contribution in [3.8, 4) is 0 Å². The van der Waals surface area contributed by atoms with Crippen LogP contribution in [-0.4, -0.2) is 45.1 Å². The molecule has 1 aliphatic rings. The van der Waals surface area contributed by atoms with E-state index in [-0.39, 0.29) is 6.10 Å². The van der Waals surface area contributed by atoms with Gasteiger partial charge in [0.15, 0.2) is 0 Å². The molecule has 1 fully saturated rings. The molecule has 1 saturated heterocycles. The van der Waals surface area contributed by atoms with Crippen molar-refractivity contribution in [3.05, 3.63) is 29.8 Å². The highest BCUT2D eigenvalue weighted by Gasteiger charge is 2.29. The predicted octanol–water partition coefficient (Wildman–Crippen LogP) is 1.60. The molecule has 1 aromatic rings. The van der Waals surface area contributed by atoms with Crippen LogP contribution in [0.1, 0.15) is 25.8 Å². The van der Waals surface area contributed by atoms with Crippen molar-refractivity contribution in [1.29, 1.82) is 0 Å². The van der Waals surface area contributed by atoms with E-state index < -0.39 is 10.0 Å². The Bertz CT molecular complexity index is 560. The molecule has 6 heteroatoms. The Balaban J connectivity index is 2.30. The molecule has 0 amide bonds. The topological polar surface area (TPSA) is 58.6 Å². The molecule has 1 aromatic carbocycles. The molecule has 1 atom stereocenters. The third kappa shape index (κ3) is 4.03. The third-order valence-electron chi connectivity index (χ3n) is 3.57. The number of rotatable bonds is 5. The van der Waals surface area contributed by atoms with Crippen LogP contribution in [0.25, 0.3) is 0 Å². The summed E-state index contributed by atoms with van der Waals surface area (Å²) in [6, 6.07) is 7.21. The van der Waals surface area contributed by atoms with Gasteiger partial charge in [0.1, 0.15) is 0 Å². The predicted molar refractivity (Wildman–Crippen MR) is 82.6 cm³/mol. The molecule has 0 aliphatic carbocycles. The number of hydrogen-bond acceptors (Lipinski definition) is 4. The van der Waals surface area contributed by atoms with Crippen LogP contribution in [0.4, 0.5) is 0 Å². The van der Waals surface area contributed by atoms with E-state index in [0.717, 1.165) is 18.5 Å². The Morgan fingerprint density at radius 3 is 2.90 bits per heavy atom. The lowest BCUT2D eigenvalue weighted by Gasteiger charge is -2.23. The second-order valence-corrected chi connectivity index (χ2v) is 7.19. The lowest BCUT2D eigenvalue weighted by Crippen LogP contribution is -2.36. The van der Waals surface area contributed by atoms with Crippen molar-refractivity contribution in [2.24, 2.45) is 0 Å². The van der Waals surface area contributed by atoms with Gasteiger partial charge in [0.2, 0.25) is 10.0 Å². The molecule has 2 rings (SSSR count). The summed E-state index contributed by atoms with van der Waals surface area (Å²) in [5.41, 5.74) is 0.817. The van der Waals surface area contributed by atoms with Crippen LogP contribution < -0.4 is 5.32 Å². The fourth-order valence-electron chi connectivity index (χ4n) is 2.47. The fraction of sp³-hybridized carbons (Fsp3) is 0.600. The second-order valence-electron chi connectivity index (χ2n) is 5.29. The van der Waals surface area contributed by atoms with E-state index in [0.29, 0.717) is 31.1 Å². The number of ether oxygens (including phenoxy) is 1. The molecule has 1 unspecified atom stereocenters. The third-order valence-corrected chi connectivity index (χ3v) is 5.54. The highest BCUT2D eigenvalue weighted by Crippen LogP contribution is 2.22. The minimum absolute atomic E-state index is 0.0665. The van der Waals surface area contributed by atoms with Gasteiger partial charge in [-0.3, -0.25) is 0 Å². The molecule has 0 bridgehead atoms. The van der Waals surface area contributed by atoms with E-state index in [1.807, 2.05) is 26.0 Å². The molecule has 21 heavy (non-hydrogen) atoms. The first-order valence-electron chi connectivity index (χ1n) is 7.46. The van der Waals surface area contributed by atoms with Crippen molar-refractivity contribution in [2.45, 2.75) is 37.8 Å². The van der Waals surface area contributed by atoms with Crippen LogP contribution in [0.3, 0.4) is 0 Å². The van der Waals surface area contributed by atoms with Crippen molar-refractivity contribution >= 4 is 10.0 Å². The number of nitrogens with one attached hydrogen (secondary N) is 1. The van der Waals surface area contributed by atoms with Gasteiger partial charge in [-0.15, -0.1) is 0 Å². The minimum Gasteiger partial charge on any atom is -0.377 e. The number of nitrogens with zero attached hydrogens (tertiary/aromatic N) is 1. The van der Waals surface area contributed by atoms with Crippen LogP contribution in [-0.2, 0) is 21.3 Å². The van der Waals surface area contributed by atoms with Crippen LogP contribution in [0.15, 0.2) is 29.2 Å². The molecule has 1 aliphatic heterocycles. The van der Waals surface area contributed by atoms with E-state index in [9.17, 15) is 8.42 Å². The molecule has 0 spiro atoms. The average Bonchev–Trinajstić information content (AvgIpc) is 2.70. The number of sulfonamides is 1. The van der Waals surface area contributed by atoms with Gasteiger partial charge in [0, 0.05) is 26.2 Å². The van der Waals surface area contributed by atoms with Gasteiger partial charge in [-0.1, -0.05) is 25.1 Å². The fourth-order valence-corrected chi connectivity index (χ4v) is 4.25. The molecule has 0 radical (unpaired) electrons. The standard InChI is InChI=1S/C15H24N2O3S/c1-3-16-11-14-7-4-5-8-15(14)21(18,19)17-9-6-10-20-13(2)12-17/h4-5,7-8,13,16H,3,6,9-12H2,1-2H3. The summed E-state index contributed by atoms with van der Waals surface area (Å²) < 4.78 is 32.9. The average molecular weight is 312 g/mol. The summed E-state index contributed by atoms with van der Waals surface area (Å²) in [5, 5.41) is 3.19. The molecule has 1 N–H and O–H groups in total. The number of benzene rings is 1. The van der Waals surface area contributed by atoms with Crippen molar-refractivity contribution in [2.75, 3.05) is 26.2 Å². The van der Waals surface area contributed by atoms with Crippen LogP contribution in [0, 0.1) is 0 Å². The zero-order valence-corrected chi connectivity index (χ0v) is 13.5. The maximum absolute atomic E-state index is 12.9. The minimum atomic E-state index is -3.47. The summed E-state index contributed by atoms with van der Waals surface area (Å²) in [6.45, 7) is 6.84. The van der Waals surface area contributed by atoms with Gasteiger partial charge in [0.25, 0.3) is 0 Å². The number of hydrogen-bond donors (Lipinski definition) is 1. The van der Waals surface area contributed by atoms with Gasteiger partial charge in [-0.2, -0.15) is 4.31 Å². The van der Waals surface area contributed by atoms with E-state index in [1.54, 1.807) is 16.4 Å². The largest absolute Gasteiger partial charge is 0.377 e. The molecule has 5 nitrogen and oxygen atoms in total. The molecule has 0 aromatic heterocycles. The zero-order chi connectivity index (χ0) is 15.3. The molecular formula is C15H24N2O3S. The maximum atomic E-state index is 12.9. The van der Waals surface area contributed by atoms with Crippen molar-refractivity contribution in [1.82, 2.24) is 9.62 Å². The quantitative estimate of drug-likeness (QED) is 0.897. The normalized spacial score (nSPS) is 21.1. The lowest BCUT2D eigenvalue weighted by molar-refractivity contribution is 0.0752. The van der Waals surface area contributed by atoms with Gasteiger partial charge in [-0.25, -0.2) is 8.42 Å². The molecule has 1 heterocycles. The lowest BCUT2D eigenvalue weighted by atomic mass is 10.2. The van der Waals surface area contributed by atoms with Gasteiger partial charge in [-0.05, 0) is 31.5 Å². The van der Waals surface area contributed by atoms with Crippen LogP contribution in [0.2, 0.25) is 0 Å². The second kappa shape index (κ2) is 7.35. The molecule has 118 valence electrons. The Morgan fingerprint density at radius 1 is 1.38 bits per heavy atom.